The van der Waals surface area contributed by atoms with Crippen molar-refractivity contribution in [3.8, 4) is 11.3 Å². The molecule has 0 aliphatic carbocycles. The van der Waals surface area contributed by atoms with Crippen LogP contribution in [0.2, 0.25) is 0 Å². The molecule has 4 rings (SSSR count). The lowest BCUT2D eigenvalue weighted by molar-refractivity contribution is -0.192. The SMILES string of the molecule is CN(C)c1nc2c(s1)CN(C(=O)c1ccn(C)n1)Cc1ccccc1-2.O=C(O)C(F)(F)F. The number of carbonyl (C=O) groups is 2. The minimum absolute atomic E-state index is 0.0527. The van der Waals surface area contributed by atoms with Crippen LogP contribution in [0.3, 0.4) is 0 Å². The quantitative estimate of drug-likeness (QED) is 0.621. The molecule has 1 aliphatic rings. The highest BCUT2D eigenvalue weighted by Crippen LogP contribution is 2.38. The largest absolute Gasteiger partial charge is 0.490 e. The Hall–Kier alpha value is -3.41. The number of rotatable bonds is 2. The number of nitrogens with zero attached hydrogens (tertiary/aromatic N) is 5. The number of hydrogen-bond donors (Lipinski definition) is 1. The molecular weight excluding hydrogens is 447 g/mol. The summed E-state index contributed by atoms with van der Waals surface area (Å²) in [6.45, 7) is 1.11. The minimum atomic E-state index is -5.08. The Labute approximate surface area is 185 Å². The molecule has 0 radical (unpaired) electrons. The molecule has 2 aromatic heterocycles. The number of aryl methyl sites for hydroxylation is 1. The zero-order chi connectivity index (χ0) is 23.6. The van der Waals surface area contributed by atoms with Gasteiger partial charge in [-0.1, -0.05) is 35.6 Å². The van der Waals surface area contributed by atoms with E-state index in [1.165, 1.54) is 0 Å². The monoisotopic (exact) mass is 467 g/mol. The topological polar surface area (TPSA) is 91.6 Å². The Morgan fingerprint density at radius 2 is 1.81 bits per heavy atom. The number of carboxylic acids is 1. The Bertz CT molecular complexity index is 1140. The number of amides is 1. The average Bonchev–Trinajstić information content (AvgIpc) is 3.30. The lowest BCUT2D eigenvalue weighted by atomic mass is 10.1. The first-order valence-electron chi connectivity index (χ1n) is 9.31. The third-order valence-electron chi connectivity index (χ3n) is 4.50. The van der Waals surface area contributed by atoms with Gasteiger partial charge in [0.25, 0.3) is 5.91 Å². The number of aliphatic carboxylic acids is 1. The van der Waals surface area contributed by atoms with E-state index < -0.39 is 12.1 Å². The molecule has 32 heavy (non-hydrogen) atoms. The molecule has 0 fully saturated rings. The first-order valence-corrected chi connectivity index (χ1v) is 10.1. The lowest BCUT2D eigenvalue weighted by Crippen LogP contribution is -2.29. The molecule has 0 atom stereocenters. The molecule has 1 aromatic carbocycles. The summed E-state index contributed by atoms with van der Waals surface area (Å²) in [4.78, 5) is 31.6. The fourth-order valence-electron chi connectivity index (χ4n) is 3.01. The fourth-order valence-corrected chi connectivity index (χ4v) is 4.02. The summed E-state index contributed by atoms with van der Waals surface area (Å²) >= 11 is 1.64. The first-order chi connectivity index (χ1) is 15.0. The van der Waals surface area contributed by atoms with Crippen LogP contribution in [0.4, 0.5) is 18.3 Å². The van der Waals surface area contributed by atoms with Crippen LogP contribution in [0.5, 0.6) is 0 Å². The summed E-state index contributed by atoms with van der Waals surface area (Å²) in [5.41, 5.74) is 3.68. The molecule has 0 saturated heterocycles. The van der Waals surface area contributed by atoms with E-state index in [9.17, 15) is 18.0 Å². The van der Waals surface area contributed by atoms with Gasteiger partial charge in [0.05, 0.1) is 17.1 Å². The van der Waals surface area contributed by atoms with E-state index in [0.717, 1.165) is 26.8 Å². The lowest BCUT2D eigenvalue weighted by Gasteiger charge is -2.20. The molecule has 8 nitrogen and oxygen atoms in total. The van der Waals surface area contributed by atoms with Crippen LogP contribution in [0, 0.1) is 0 Å². The maximum absolute atomic E-state index is 13.0. The van der Waals surface area contributed by atoms with E-state index >= 15 is 0 Å². The number of benzene rings is 1. The molecule has 3 heterocycles. The third-order valence-corrected chi connectivity index (χ3v) is 5.71. The molecule has 170 valence electrons. The van der Waals surface area contributed by atoms with Crippen molar-refractivity contribution in [1.29, 1.82) is 0 Å². The summed E-state index contributed by atoms with van der Waals surface area (Å²) in [5.74, 6) is -2.81. The molecule has 0 unspecified atom stereocenters. The van der Waals surface area contributed by atoms with Gasteiger partial charge in [-0.2, -0.15) is 18.3 Å². The fraction of sp³-hybridized carbons (Fsp3) is 0.300. The number of thiazole rings is 1. The number of anilines is 1. The molecule has 12 heteroatoms. The van der Waals surface area contributed by atoms with Crippen LogP contribution < -0.4 is 4.90 Å². The Morgan fingerprint density at radius 1 is 1.16 bits per heavy atom. The molecule has 1 amide bonds. The molecule has 1 aliphatic heterocycles. The summed E-state index contributed by atoms with van der Waals surface area (Å²) < 4.78 is 33.4. The average molecular weight is 467 g/mol. The van der Waals surface area contributed by atoms with Gasteiger partial charge < -0.3 is 14.9 Å². The molecule has 3 aromatic rings. The van der Waals surface area contributed by atoms with Crippen molar-refractivity contribution in [3.63, 3.8) is 0 Å². The van der Waals surface area contributed by atoms with Gasteiger partial charge in [0.1, 0.15) is 5.69 Å². The number of hydrogen-bond acceptors (Lipinski definition) is 6. The predicted molar refractivity (Wildman–Crippen MR) is 112 cm³/mol. The van der Waals surface area contributed by atoms with Crippen molar-refractivity contribution in [2.24, 2.45) is 7.05 Å². The van der Waals surface area contributed by atoms with E-state index in [0.29, 0.717) is 18.8 Å². The zero-order valence-electron chi connectivity index (χ0n) is 17.4. The molecule has 0 spiro atoms. The predicted octanol–water partition coefficient (Wildman–Crippen LogP) is 3.40. The van der Waals surface area contributed by atoms with Gasteiger partial charge in [-0.3, -0.25) is 9.48 Å². The van der Waals surface area contributed by atoms with E-state index in [1.807, 2.05) is 43.1 Å². The van der Waals surface area contributed by atoms with Crippen molar-refractivity contribution < 1.29 is 27.9 Å². The second-order valence-electron chi connectivity index (χ2n) is 7.16. The van der Waals surface area contributed by atoms with Crippen LogP contribution in [0.15, 0.2) is 36.5 Å². The van der Waals surface area contributed by atoms with Gasteiger partial charge >= 0.3 is 12.1 Å². The highest BCUT2D eigenvalue weighted by Gasteiger charge is 2.38. The second-order valence-corrected chi connectivity index (χ2v) is 8.22. The van der Waals surface area contributed by atoms with Gasteiger partial charge in [-0.05, 0) is 11.6 Å². The van der Waals surface area contributed by atoms with E-state index in [4.69, 9.17) is 14.9 Å². The van der Waals surface area contributed by atoms with Crippen molar-refractivity contribution in [1.82, 2.24) is 19.7 Å². The number of alkyl halides is 3. The van der Waals surface area contributed by atoms with Crippen LogP contribution in [0.1, 0.15) is 20.9 Å². The number of halogens is 3. The van der Waals surface area contributed by atoms with Crippen molar-refractivity contribution >= 4 is 28.3 Å². The van der Waals surface area contributed by atoms with Crippen molar-refractivity contribution in [2.45, 2.75) is 19.3 Å². The Kier molecular flexibility index (Phi) is 6.53. The number of carboxylic acid groups (broad SMARTS) is 1. The second kappa shape index (κ2) is 8.99. The zero-order valence-corrected chi connectivity index (χ0v) is 18.2. The van der Waals surface area contributed by atoms with Crippen LogP contribution in [-0.4, -0.2) is 56.9 Å². The van der Waals surface area contributed by atoms with Gasteiger partial charge in [0, 0.05) is 39.4 Å². The Balaban J connectivity index is 0.000000360. The first kappa shape index (κ1) is 23.3. The minimum Gasteiger partial charge on any atom is -0.475 e. The van der Waals surface area contributed by atoms with E-state index in [1.54, 1.807) is 28.3 Å². The summed E-state index contributed by atoms with van der Waals surface area (Å²) in [7, 11) is 5.79. The molecule has 0 saturated carbocycles. The van der Waals surface area contributed by atoms with Crippen LogP contribution in [0.25, 0.3) is 11.3 Å². The molecule has 1 N–H and O–H groups in total. The van der Waals surface area contributed by atoms with E-state index in [-0.39, 0.29) is 5.91 Å². The normalized spacial score (nSPS) is 12.8. The summed E-state index contributed by atoms with van der Waals surface area (Å²) in [5, 5.41) is 12.3. The van der Waals surface area contributed by atoms with E-state index in [2.05, 4.69) is 17.2 Å². The smallest absolute Gasteiger partial charge is 0.475 e. The molecular formula is C20H20F3N5O3S. The standard InChI is InChI=1S/C18H19N5OS.C2HF3O2/c1-21(2)18-19-16-13-7-5-4-6-12(13)10-23(11-15(16)25-18)17(24)14-8-9-22(3)20-14;3-2(4,5)1(6)7/h4-9H,10-11H2,1-3H3;(H,6,7). The highest BCUT2D eigenvalue weighted by atomic mass is 32.1. The van der Waals surface area contributed by atoms with Gasteiger partial charge in [-0.15, -0.1) is 0 Å². The molecule has 0 bridgehead atoms. The number of carbonyl (C=O) groups excluding carboxylic acids is 1. The summed E-state index contributed by atoms with van der Waals surface area (Å²) in [6, 6.07) is 9.94. The maximum Gasteiger partial charge on any atom is 0.490 e. The van der Waals surface area contributed by atoms with Crippen LogP contribution in [-0.2, 0) is 24.9 Å². The van der Waals surface area contributed by atoms with Gasteiger partial charge in [0.15, 0.2) is 5.13 Å². The maximum atomic E-state index is 13.0. The van der Waals surface area contributed by atoms with Crippen molar-refractivity contribution in [2.75, 3.05) is 19.0 Å². The van der Waals surface area contributed by atoms with Gasteiger partial charge in [-0.25, -0.2) is 9.78 Å². The highest BCUT2D eigenvalue weighted by molar-refractivity contribution is 7.16. The number of fused-ring (bicyclic) bond motifs is 3. The van der Waals surface area contributed by atoms with Gasteiger partial charge in [0.2, 0.25) is 0 Å². The van der Waals surface area contributed by atoms with Crippen LogP contribution >= 0.6 is 11.3 Å². The third kappa shape index (κ3) is 5.07. The Morgan fingerprint density at radius 3 is 2.38 bits per heavy atom. The number of aromatic nitrogens is 3. The summed E-state index contributed by atoms with van der Waals surface area (Å²) in [6.07, 6.45) is -3.29. The van der Waals surface area contributed by atoms with Crippen molar-refractivity contribution in [3.05, 3.63) is 52.7 Å².